The predicted octanol–water partition coefficient (Wildman–Crippen LogP) is 2.55. The number of nitrogens with zero attached hydrogens (tertiary/aromatic N) is 3. The van der Waals surface area contributed by atoms with Gasteiger partial charge >= 0.3 is 0 Å². The van der Waals surface area contributed by atoms with Crippen molar-refractivity contribution >= 4 is 0 Å². The molecule has 5 nitrogen and oxygen atoms in total. The minimum absolute atomic E-state index is 0.187. The minimum atomic E-state index is 0.187. The lowest BCUT2D eigenvalue weighted by atomic mass is 10.1. The number of H-pyrrole nitrogens is 1. The molecule has 20 heavy (non-hydrogen) atoms. The van der Waals surface area contributed by atoms with Crippen molar-refractivity contribution in [3.05, 3.63) is 30.4 Å². The molecule has 0 unspecified atom stereocenters. The summed E-state index contributed by atoms with van der Waals surface area (Å²) in [6.07, 6.45) is 11.9. The smallest absolute Gasteiger partial charge is 0.145 e. The van der Waals surface area contributed by atoms with Gasteiger partial charge in [-0.15, -0.1) is 0 Å². The van der Waals surface area contributed by atoms with Gasteiger partial charge in [-0.1, -0.05) is 12.8 Å². The third kappa shape index (κ3) is 2.82. The Morgan fingerprint density at radius 1 is 1.15 bits per heavy atom. The van der Waals surface area contributed by atoms with Gasteiger partial charge in [0, 0.05) is 25.1 Å². The first kappa shape index (κ1) is 13.1. The number of nitrogens with one attached hydrogen (secondary N) is 1. The summed E-state index contributed by atoms with van der Waals surface area (Å²) in [7, 11) is 0. The van der Waals surface area contributed by atoms with Crippen LogP contribution in [0.15, 0.2) is 24.8 Å². The zero-order chi connectivity index (χ0) is 13.8. The molecule has 0 spiro atoms. The molecular weight excluding hydrogens is 252 g/mol. The van der Waals surface area contributed by atoms with Gasteiger partial charge in [0.15, 0.2) is 0 Å². The molecule has 0 bridgehead atoms. The first-order chi connectivity index (χ1) is 9.84. The van der Waals surface area contributed by atoms with Crippen LogP contribution in [0.4, 0.5) is 0 Å². The summed E-state index contributed by atoms with van der Waals surface area (Å²) in [6, 6.07) is 0. The van der Waals surface area contributed by atoms with Gasteiger partial charge in [-0.2, -0.15) is 0 Å². The van der Waals surface area contributed by atoms with Crippen LogP contribution >= 0.6 is 0 Å². The molecule has 3 heterocycles. The molecule has 1 aliphatic heterocycles. The fourth-order valence-corrected chi connectivity index (χ4v) is 2.82. The zero-order valence-electron chi connectivity index (χ0n) is 11.5. The standard InChI is InChI=1S/C15H20N4O/c20-13-10-16-9-12(14(13)15-17-5-6-18-15)11-19-7-3-1-2-4-8-19/h5-6,9-10,20H,1-4,7-8,11H2,(H,17,18). The molecular formula is C15H20N4O. The Labute approximate surface area is 118 Å². The van der Waals surface area contributed by atoms with Gasteiger partial charge in [0.05, 0.1) is 11.8 Å². The van der Waals surface area contributed by atoms with Crippen LogP contribution in [-0.2, 0) is 6.54 Å². The second kappa shape index (κ2) is 6.05. The number of aromatic nitrogens is 3. The highest BCUT2D eigenvalue weighted by atomic mass is 16.3. The summed E-state index contributed by atoms with van der Waals surface area (Å²) in [5.74, 6) is 0.891. The van der Waals surface area contributed by atoms with Crippen LogP contribution in [0.3, 0.4) is 0 Å². The van der Waals surface area contributed by atoms with E-state index in [0.717, 1.165) is 30.8 Å². The molecule has 0 atom stereocenters. The zero-order valence-corrected chi connectivity index (χ0v) is 11.5. The van der Waals surface area contributed by atoms with Gasteiger partial charge in [-0.05, 0) is 31.5 Å². The van der Waals surface area contributed by atoms with Crippen LogP contribution in [0.5, 0.6) is 5.75 Å². The van der Waals surface area contributed by atoms with E-state index in [0.29, 0.717) is 5.82 Å². The maximum absolute atomic E-state index is 10.1. The number of imidazole rings is 1. The molecule has 0 radical (unpaired) electrons. The fourth-order valence-electron chi connectivity index (χ4n) is 2.82. The van der Waals surface area contributed by atoms with Crippen LogP contribution in [0.1, 0.15) is 31.2 Å². The second-order valence-electron chi connectivity index (χ2n) is 5.32. The van der Waals surface area contributed by atoms with E-state index < -0.39 is 0 Å². The van der Waals surface area contributed by atoms with Gasteiger partial charge in [0.25, 0.3) is 0 Å². The van der Waals surface area contributed by atoms with Crippen LogP contribution in [0.2, 0.25) is 0 Å². The molecule has 2 aromatic rings. The quantitative estimate of drug-likeness (QED) is 0.901. The van der Waals surface area contributed by atoms with E-state index >= 15 is 0 Å². The largest absolute Gasteiger partial charge is 0.506 e. The van der Waals surface area contributed by atoms with Crippen molar-refractivity contribution in [3.63, 3.8) is 0 Å². The van der Waals surface area contributed by atoms with Gasteiger partial charge in [0.1, 0.15) is 11.6 Å². The summed E-state index contributed by atoms with van der Waals surface area (Å²) < 4.78 is 0. The number of likely N-dealkylation sites (tertiary alicyclic amines) is 1. The summed E-state index contributed by atoms with van der Waals surface area (Å²) >= 11 is 0. The molecule has 2 N–H and O–H groups in total. The normalized spacial score (nSPS) is 17.0. The van der Waals surface area contributed by atoms with Crippen LogP contribution in [0, 0.1) is 0 Å². The lowest BCUT2D eigenvalue weighted by molar-refractivity contribution is 0.276. The molecule has 0 amide bonds. The Kier molecular flexibility index (Phi) is 3.97. The van der Waals surface area contributed by atoms with Gasteiger partial charge in [-0.3, -0.25) is 9.88 Å². The van der Waals surface area contributed by atoms with E-state index in [1.165, 1.54) is 31.9 Å². The third-order valence-electron chi connectivity index (χ3n) is 3.83. The molecule has 3 rings (SSSR count). The fraction of sp³-hybridized carbons (Fsp3) is 0.467. The van der Waals surface area contributed by atoms with Crippen molar-refractivity contribution in [2.45, 2.75) is 32.2 Å². The molecule has 106 valence electrons. The molecule has 0 saturated carbocycles. The van der Waals surface area contributed by atoms with Gasteiger partial charge < -0.3 is 10.1 Å². The number of aromatic amines is 1. The number of aromatic hydroxyl groups is 1. The van der Waals surface area contributed by atoms with E-state index in [1.807, 2.05) is 6.20 Å². The first-order valence-corrected chi connectivity index (χ1v) is 7.22. The highest BCUT2D eigenvalue weighted by Crippen LogP contribution is 2.30. The maximum atomic E-state index is 10.1. The molecule has 2 aromatic heterocycles. The summed E-state index contributed by atoms with van der Waals surface area (Å²) in [6.45, 7) is 3.05. The Hall–Kier alpha value is -1.88. The average molecular weight is 272 g/mol. The molecule has 5 heteroatoms. The lowest BCUT2D eigenvalue weighted by Crippen LogP contribution is -2.24. The van der Waals surface area contributed by atoms with E-state index in [4.69, 9.17) is 0 Å². The van der Waals surface area contributed by atoms with Crippen molar-refractivity contribution in [2.75, 3.05) is 13.1 Å². The van der Waals surface area contributed by atoms with Crippen LogP contribution < -0.4 is 0 Å². The van der Waals surface area contributed by atoms with E-state index in [9.17, 15) is 5.11 Å². The van der Waals surface area contributed by atoms with Crippen molar-refractivity contribution in [1.29, 1.82) is 0 Å². The summed E-state index contributed by atoms with van der Waals surface area (Å²) in [5, 5.41) is 10.1. The lowest BCUT2D eigenvalue weighted by Gasteiger charge is -2.21. The molecule has 1 saturated heterocycles. The van der Waals surface area contributed by atoms with Crippen molar-refractivity contribution in [1.82, 2.24) is 19.9 Å². The van der Waals surface area contributed by atoms with Gasteiger partial charge in [0.2, 0.25) is 0 Å². The molecule has 0 aromatic carbocycles. The Bertz CT molecular complexity index is 545. The number of pyridine rings is 1. The monoisotopic (exact) mass is 272 g/mol. The third-order valence-corrected chi connectivity index (χ3v) is 3.83. The predicted molar refractivity (Wildman–Crippen MR) is 77.2 cm³/mol. The molecule has 0 aliphatic carbocycles. The maximum Gasteiger partial charge on any atom is 0.145 e. The Balaban J connectivity index is 1.87. The topological polar surface area (TPSA) is 65.0 Å². The number of hydrogen-bond donors (Lipinski definition) is 2. The molecule has 1 aliphatic rings. The van der Waals surface area contributed by atoms with E-state index in [1.54, 1.807) is 12.4 Å². The van der Waals surface area contributed by atoms with E-state index in [2.05, 4.69) is 19.9 Å². The number of rotatable bonds is 3. The van der Waals surface area contributed by atoms with E-state index in [-0.39, 0.29) is 5.75 Å². The first-order valence-electron chi connectivity index (χ1n) is 7.22. The van der Waals surface area contributed by atoms with Crippen LogP contribution in [-0.4, -0.2) is 38.0 Å². The summed E-state index contributed by atoms with van der Waals surface area (Å²) in [5.41, 5.74) is 1.80. The van der Waals surface area contributed by atoms with Crippen molar-refractivity contribution < 1.29 is 5.11 Å². The van der Waals surface area contributed by atoms with Crippen molar-refractivity contribution in [3.8, 4) is 17.1 Å². The SMILES string of the molecule is Oc1cncc(CN2CCCCCC2)c1-c1ncc[nH]1. The second-order valence-corrected chi connectivity index (χ2v) is 5.32. The summed E-state index contributed by atoms with van der Waals surface area (Å²) in [4.78, 5) is 13.9. The van der Waals surface area contributed by atoms with Gasteiger partial charge in [-0.25, -0.2) is 4.98 Å². The highest BCUT2D eigenvalue weighted by molar-refractivity contribution is 5.66. The molecule has 1 fully saturated rings. The minimum Gasteiger partial charge on any atom is -0.506 e. The number of hydrogen-bond acceptors (Lipinski definition) is 4. The Morgan fingerprint density at radius 2 is 1.95 bits per heavy atom. The highest BCUT2D eigenvalue weighted by Gasteiger charge is 2.16. The Morgan fingerprint density at radius 3 is 2.65 bits per heavy atom. The average Bonchev–Trinajstić information content (AvgIpc) is 2.84. The van der Waals surface area contributed by atoms with Crippen molar-refractivity contribution in [2.24, 2.45) is 0 Å². The van der Waals surface area contributed by atoms with Crippen LogP contribution in [0.25, 0.3) is 11.4 Å².